The zero-order chi connectivity index (χ0) is 34.1. The number of aliphatic hydroxyl groups excluding tert-OH is 1. The van der Waals surface area contributed by atoms with E-state index in [2.05, 4.69) is 28.9 Å². The fourth-order valence-corrected chi connectivity index (χ4v) is 7.85. The molecule has 4 rings (SSSR count). The Hall–Kier alpha value is -1.93. The van der Waals surface area contributed by atoms with Crippen molar-refractivity contribution < 1.29 is 33.6 Å². The van der Waals surface area contributed by atoms with Crippen LogP contribution in [-0.4, -0.2) is 138 Å². The van der Waals surface area contributed by atoms with Crippen LogP contribution in [0.25, 0.3) is 0 Å². The summed E-state index contributed by atoms with van der Waals surface area (Å²) in [5, 5.41) is 15.6. The maximum atomic E-state index is 14.2. The van der Waals surface area contributed by atoms with E-state index in [9.17, 15) is 14.7 Å². The van der Waals surface area contributed by atoms with E-state index in [4.69, 9.17) is 18.9 Å². The number of likely N-dealkylation sites (tertiary alicyclic amines) is 1. The Kier molecular flexibility index (Phi) is 11.8. The van der Waals surface area contributed by atoms with Gasteiger partial charge in [-0.2, -0.15) is 5.10 Å². The summed E-state index contributed by atoms with van der Waals surface area (Å²) in [5.41, 5.74) is -1.17. The number of Topliss-reactive ketones (excluding diaryl/α,β-unsaturated/α-hetero) is 1. The molecule has 3 aliphatic heterocycles. The van der Waals surface area contributed by atoms with Gasteiger partial charge >= 0.3 is 5.97 Å². The van der Waals surface area contributed by atoms with Crippen LogP contribution < -0.4 is 0 Å². The first-order valence-corrected chi connectivity index (χ1v) is 16.8. The minimum Gasteiger partial charge on any atom is -0.463 e. The van der Waals surface area contributed by atoms with Crippen LogP contribution >= 0.6 is 0 Å². The van der Waals surface area contributed by atoms with Crippen LogP contribution in [-0.2, 0) is 42.1 Å². The molecule has 1 aromatic rings. The first-order valence-electron chi connectivity index (χ1n) is 16.8. The van der Waals surface area contributed by atoms with Gasteiger partial charge in [0.25, 0.3) is 0 Å². The normalized spacial score (nSPS) is 37.7. The van der Waals surface area contributed by atoms with Crippen LogP contribution in [0.5, 0.6) is 0 Å². The number of nitrogens with zero attached hydrogens (tertiary/aromatic N) is 5. The van der Waals surface area contributed by atoms with Gasteiger partial charge in [-0.1, -0.05) is 13.8 Å². The van der Waals surface area contributed by atoms with E-state index in [1.54, 1.807) is 27.9 Å². The molecule has 0 aromatic carbocycles. The summed E-state index contributed by atoms with van der Waals surface area (Å²) in [6.07, 6.45) is 2.32. The molecular formula is C34H59N5O7. The van der Waals surface area contributed by atoms with Gasteiger partial charge in [0.2, 0.25) is 0 Å². The van der Waals surface area contributed by atoms with Gasteiger partial charge in [0, 0.05) is 76.0 Å². The van der Waals surface area contributed by atoms with E-state index in [1.165, 1.54) is 5.56 Å². The summed E-state index contributed by atoms with van der Waals surface area (Å²) < 4.78 is 26.8. The molecule has 0 bridgehead atoms. The van der Waals surface area contributed by atoms with Crippen molar-refractivity contribution in [2.45, 2.75) is 103 Å². The standard InChI is InChI=1S/C34H59N5O7/c1-21-13-34(6,43-11)30(46-31-28(40)26(36(7)8)12-22(2)45-31)23(3)29(41)33(4,5)32(42)44-20-27(37(9)15-21)25-18-39(19-25)17-24-14-35-38(10)16-24/h14,16,21-23,25-28,30-31,40H,12-13,15,17-20H2,1-11H3/t21-,22-,23+,26+,27+,28-,30-,31+,34-/m1/s1. The second kappa shape index (κ2) is 14.7. The Balaban J connectivity index is 1.59. The first-order chi connectivity index (χ1) is 21.5. The van der Waals surface area contributed by atoms with E-state index in [-0.39, 0.29) is 36.5 Å². The molecule has 3 saturated heterocycles. The Morgan fingerprint density at radius 2 is 1.78 bits per heavy atom. The Morgan fingerprint density at radius 3 is 2.37 bits per heavy atom. The van der Waals surface area contributed by atoms with Crippen LogP contribution in [0.4, 0.5) is 0 Å². The van der Waals surface area contributed by atoms with E-state index in [1.807, 2.05) is 57.0 Å². The van der Waals surface area contributed by atoms with Crippen molar-refractivity contribution in [3.05, 3.63) is 18.0 Å². The maximum Gasteiger partial charge on any atom is 0.319 e. The van der Waals surface area contributed by atoms with Crippen molar-refractivity contribution in [1.82, 2.24) is 24.5 Å². The summed E-state index contributed by atoms with van der Waals surface area (Å²) >= 11 is 0. The van der Waals surface area contributed by atoms with E-state index < -0.39 is 41.4 Å². The lowest BCUT2D eigenvalue weighted by Crippen LogP contribution is -2.59. The van der Waals surface area contributed by atoms with Crippen molar-refractivity contribution in [3.8, 4) is 0 Å². The monoisotopic (exact) mass is 649 g/mol. The number of ether oxygens (including phenoxy) is 4. The zero-order valence-electron chi connectivity index (χ0n) is 29.9. The molecule has 262 valence electrons. The van der Waals surface area contributed by atoms with Crippen LogP contribution in [0.2, 0.25) is 0 Å². The predicted molar refractivity (Wildman–Crippen MR) is 174 cm³/mol. The van der Waals surface area contributed by atoms with Gasteiger partial charge < -0.3 is 29.0 Å². The summed E-state index contributed by atoms with van der Waals surface area (Å²) in [5.74, 6) is -1.14. The Bertz CT molecular complexity index is 1190. The number of likely N-dealkylation sites (N-methyl/N-ethyl adjacent to an activating group) is 2. The van der Waals surface area contributed by atoms with Crippen molar-refractivity contribution in [1.29, 1.82) is 0 Å². The maximum absolute atomic E-state index is 14.2. The van der Waals surface area contributed by atoms with Gasteiger partial charge in [-0.15, -0.1) is 0 Å². The van der Waals surface area contributed by atoms with Crippen LogP contribution in [0, 0.1) is 23.2 Å². The summed E-state index contributed by atoms with van der Waals surface area (Å²) in [4.78, 5) is 34.5. The fourth-order valence-electron chi connectivity index (χ4n) is 7.85. The molecule has 0 saturated carbocycles. The third-order valence-corrected chi connectivity index (χ3v) is 10.6. The molecule has 0 unspecified atom stereocenters. The van der Waals surface area contributed by atoms with Crippen LogP contribution in [0.1, 0.15) is 59.9 Å². The molecule has 1 N–H and O–H groups in total. The molecule has 0 radical (unpaired) electrons. The van der Waals surface area contributed by atoms with Gasteiger partial charge in [-0.05, 0) is 67.6 Å². The van der Waals surface area contributed by atoms with Gasteiger partial charge in [0.05, 0.1) is 24.0 Å². The number of hydrogen-bond donors (Lipinski definition) is 1. The summed E-state index contributed by atoms with van der Waals surface area (Å²) in [6.45, 7) is 14.7. The Morgan fingerprint density at radius 1 is 1.11 bits per heavy atom. The topological polar surface area (TPSA) is 119 Å². The highest BCUT2D eigenvalue weighted by molar-refractivity contribution is 6.04. The molecule has 0 spiro atoms. The van der Waals surface area contributed by atoms with E-state index >= 15 is 0 Å². The minimum absolute atomic E-state index is 0.00304. The summed E-state index contributed by atoms with van der Waals surface area (Å²) in [6, 6.07) is -0.178. The quantitative estimate of drug-likeness (QED) is 0.346. The Labute approximate surface area is 275 Å². The molecule has 9 atom stereocenters. The lowest BCUT2D eigenvalue weighted by Gasteiger charge is -2.47. The average Bonchev–Trinajstić information content (AvgIpc) is 3.38. The van der Waals surface area contributed by atoms with Crippen molar-refractivity contribution >= 4 is 11.8 Å². The number of ketones is 1. The molecule has 3 fully saturated rings. The van der Waals surface area contributed by atoms with Crippen LogP contribution in [0.3, 0.4) is 0 Å². The molecule has 3 aliphatic rings. The molecule has 1 aromatic heterocycles. The number of aryl methyl sites for hydroxylation is 1. The number of carbonyl (C=O) groups excluding carboxylic acids is 2. The number of hydrogen-bond acceptors (Lipinski definition) is 11. The molecule has 12 heteroatoms. The number of methoxy groups -OCH3 is 1. The highest BCUT2D eigenvalue weighted by Gasteiger charge is 2.52. The van der Waals surface area contributed by atoms with Crippen molar-refractivity contribution in [2.24, 2.45) is 30.2 Å². The molecule has 0 aliphatic carbocycles. The molecule has 46 heavy (non-hydrogen) atoms. The zero-order valence-corrected chi connectivity index (χ0v) is 29.9. The minimum atomic E-state index is -1.42. The van der Waals surface area contributed by atoms with Gasteiger partial charge in [0.1, 0.15) is 18.1 Å². The largest absolute Gasteiger partial charge is 0.463 e. The van der Waals surface area contributed by atoms with Gasteiger partial charge in [-0.25, -0.2) is 0 Å². The van der Waals surface area contributed by atoms with E-state index in [0.29, 0.717) is 18.8 Å². The second-order valence-corrected chi connectivity index (χ2v) is 15.3. The molecular weight excluding hydrogens is 590 g/mol. The molecule has 4 heterocycles. The molecule has 0 amide bonds. The number of carbonyl (C=O) groups is 2. The third-order valence-electron chi connectivity index (χ3n) is 10.6. The fraction of sp³-hybridized carbons (Fsp3) is 0.853. The first kappa shape index (κ1) is 36.9. The number of rotatable bonds is 7. The number of aromatic nitrogens is 2. The summed E-state index contributed by atoms with van der Waals surface area (Å²) in [7, 11) is 9.50. The number of aliphatic hydroxyl groups is 1. The van der Waals surface area contributed by atoms with E-state index in [0.717, 1.165) is 26.2 Å². The van der Waals surface area contributed by atoms with Gasteiger partial charge in [-0.3, -0.25) is 24.1 Å². The van der Waals surface area contributed by atoms with Crippen LogP contribution in [0.15, 0.2) is 12.4 Å². The smallest absolute Gasteiger partial charge is 0.319 e. The average molecular weight is 650 g/mol. The highest BCUT2D eigenvalue weighted by Crippen LogP contribution is 2.38. The van der Waals surface area contributed by atoms with Crippen molar-refractivity contribution in [2.75, 3.05) is 54.5 Å². The second-order valence-electron chi connectivity index (χ2n) is 15.3. The highest BCUT2D eigenvalue weighted by atomic mass is 16.7. The lowest BCUT2D eigenvalue weighted by molar-refractivity contribution is -0.295. The SMILES string of the molecule is CO[C@]1(C)C[C@@H](C)CN(C)[C@H](C2CN(Cc3cnn(C)c3)C2)COC(=O)C(C)(C)C(=O)[C@H](C)[C@H]1O[C@@H]1O[C@H](C)C[C@H](N(C)C)[C@H]1O. The lowest BCUT2D eigenvalue weighted by atomic mass is 9.74. The third kappa shape index (κ3) is 8.02. The predicted octanol–water partition coefficient (Wildman–Crippen LogP) is 2.18. The number of esters is 1. The molecule has 12 nitrogen and oxygen atoms in total. The van der Waals surface area contributed by atoms with Gasteiger partial charge in [0.15, 0.2) is 12.1 Å². The van der Waals surface area contributed by atoms with Crippen molar-refractivity contribution in [3.63, 3.8) is 0 Å². The number of cyclic esters (lactones) is 1.